The summed E-state index contributed by atoms with van der Waals surface area (Å²) < 4.78 is 0. The highest BCUT2D eigenvalue weighted by Gasteiger charge is 2.19. The average molecular weight is 280 g/mol. The predicted octanol–water partition coefficient (Wildman–Crippen LogP) is 2.51. The molecule has 1 heterocycles. The van der Waals surface area contributed by atoms with Gasteiger partial charge >= 0.3 is 0 Å². The third-order valence-corrected chi connectivity index (χ3v) is 2.93. The van der Waals surface area contributed by atoms with Crippen LogP contribution in [-0.2, 0) is 6.54 Å². The molecular formula is C12H10ClN3O3. The number of halogens is 1. The fourth-order valence-electron chi connectivity index (χ4n) is 1.58. The molecule has 1 amide bonds. The van der Waals surface area contributed by atoms with Crippen LogP contribution in [-0.4, -0.2) is 15.8 Å². The lowest BCUT2D eigenvalue weighted by Gasteiger charge is -2.05. The molecule has 0 aliphatic rings. The molecular weight excluding hydrogens is 270 g/mol. The number of hydrogen-bond acceptors (Lipinski definition) is 3. The second-order valence-electron chi connectivity index (χ2n) is 3.80. The summed E-state index contributed by atoms with van der Waals surface area (Å²) in [5.74, 6) is -0.449. The second kappa shape index (κ2) is 5.53. The number of carbonyl (C=O) groups excluding carboxylic acids is 1. The molecule has 0 unspecified atom stereocenters. The first-order chi connectivity index (χ1) is 9.09. The van der Waals surface area contributed by atoms with E-state index in [0.29, 0.717) is 6.54 Å². The molecule has 19 heavy (non-hydrogen) atoms. The van der Waals surface area contributed by atoms with Gasteiger partial charge in [0.15, 0.2) is 0 Å². The topological polar surface area (TPSA) is 88.0 Å². The zero-order chi connectivity index (χ0) is 13.8. The van der Waals surface area contributed by atoms with Gasteiger partial charge in [0.25, 0.3) is 11.6 Å². The minimum Gasteiger partial charge on any atom is -0.367 e. The zero-order valence-corrected chi connectivity index (χ0v) is 10.5. The maximum absolute atomic E-state index is 11.9. The molecule has 0 radical (unpaired) electrons. The number of nitro groups is 1. The molecule has 0 spiro atoms. The van der Waals surface area contributed by atoms with Crippen molar-refractivity contribution in [3.63, 3.8) is 0 Å². The first kappa shape index (κ1) is 13.1. The van der Waals surface area contributed by atoms with E-state index >= 15 is 0 Å². The summed E-state index contributed by atoms with van der Waals surface area (Å²) in [4.78, 5) is 24.9. The number of nitrogens with zero attached hydrogens (tertiary/aromatic N) is 1. The van der Waals surface area contributed by atoms with Gasteiger partial charge < -0.3 is 10.3 Å². The molecule has 0 saturated carbocycles. The van der Waals surface area contributed by atoms with Gasteiger partial charge in [-0.25, -0.2) is 0 Å². The van der Waals surface area contributed by atoms with Crippen LogP contribution in [0.15, 0.2) is 36.7 Å². The van der Waals surface area contributed by atoms with Crippen molar-refractivity contribution in [2.75, 3.05) is 0 Å². The summed E-state index contributed by atoms with van der Waals surface area (Å²) >= 11 is 5.85. The molecule has 7 heteroatoms. The van der Waals surface area contributed by atoms with E-state index in [1.807, 2.05) is 6.07 Å². The Labute approximate surface area is 113 Å². The van der Waals surface area contributed by atoms with Crippen LogP contribution in [0.2, 0.25) is 5.02 Å². The van der Waals surface area contributed by atoms with Crippen molar-refractivity contribution in [2.24, 2.45) is 0 Å². The van der Waals surface area contributed by atoms with Gasteiger partial charge in [-0.1, -0.05) is 17.7 Å². The van der Waals surface area contributed by atoms with Crippen LogP contribution < -0.4 is 5.32 Å². The largest absolute Gasteiger partial charge is 0.367 e. The third kappa shape index (κ3) is 2.92. The average Bonchev–Trinajstić information content (AvgIpc) is 2.89. The second-order valence-corrected chi connectivity index (χ2v) is 4.18. The van der Waals surface area contributed by atoms with E-state index in [2.05, 4.69) is 10.3 Å². The normalized spacial score (nSPS) is 10.2. The Kier molecular flexibility index (Phi) is 3.82. The standard InChI is InChI=1S/C12H10ClN3O3/c13-11-9(2-1-3-10(11)16(18)19)12(17)15-7-8-4-5-14-6-8/h1-6,14H,7H2,(H,15,17). The van der Waals surface area contributed by atoms with Crippen LogP contribution in [0.5, 0.6) is 0 Å². The lowest BCUT2D eigenvalue weighted by molar-refractivity contribution is -0.384. The third-order valence-electron chi connectivity index (χ3n) is 2.54. The summed E-state index contributed by atoms with van der Waals surface area (Å²) in [6.45, 7) is 0.321. The SMILES string of the molecule is O=C(NCc1cc[nH]c1)c1cccc([N+](=O)[O-])c1Cl. The van der Waals surface area contributed by atoms with Gasteiger partial charge in [-0.3, -0.25) is 14.9 Å². The van der Waals surface area contributed by atoms with Crippen LogP contribution in [0.3, 0.4) is 0 Å². The number of aromatic nitrogens is 1. The number of nitro benzene ring substituents is 1. The smallest absolute Gasteiger partial charge is 0.288 e. The summed E-state index contributed by atoms with van der Waals surface area (Å²) in [5.41, 5.74) is 0.706. The molecule has 1 aromatic heterocycles. The molecule has 2 rings (SSSR count). The number of H-pyrrole nitrogens is 1. The van der Waals surface area contributed by atoms with E-state index in [9.17, 15) is 14.9 Å². The van der Waals surface area contributed by atoms with Crippen molar-refractivity contribution >= 4 is 23.2 Å². The number of carbonyl (C=O) groups is 1. The first-order valence-corrected chi connectivity index (χ1v) is 5.80. The summed E-state index contributed by atoms with van der Waals surface area (Å²) in [5, 5.41) is 13.2. The zero-order valence-electron chi connectivity index (χ0n) is 9.72. The number of amides is 1. The Hall–Kier alpha value is -2.34. The number of rotatable bonds is 4. The van der Waals surface area contributed by atoms with Gasteiger partial charge in [-0.15, -0.1) is 0 Å². The van der Waals surface area contributed by atoms with Gasteiger partial charge in [-0.05, 0) is 17.7 Å². The van der Waals surface area contributed by atoms with Crippen molar-refractivity contribution in [1.29, 1.82) is 0 Å². The van der Waals surface area contributed by atoms with E-state index in [-0.39, 0.29) is 16.3 Å². The summed E-state index contributed by atoms with van der Waals surface area (Å²) in [7, 11) is 0. The van der Waals surface area contributed by atoms with Crippen molar-refractivity contribution in [2.45, 2.75) is 6.54 Å². The Balaban J connectivity index is 2.15. The Morgan fingerprint density at radius 1 is 1.42 bits per heavy atom. The molecule has 0 fully saturated rings. The molecule has 1 aromatic carbocycles. The molecule has 0 atom stereocenters. The van der Waals surface area contributed by atoms with Gasteiger partial charge in [0, 0.05) is 25.0 Å². The molecule has 0 aliphatic carbocycles. The van der Waals surface area contributed by atoms with Crippen LogP contribution in [0.25, 0.3) is 0 Å². The minimum atomic E-state index is -0.620. The summed E-state index contributed by atoms with van der Waals surface area (Å²) in [6.07, 6.45) is 3.48. The molecule has 98 valence electrons. The predicted molar refractivity (Wildman–Crippen MR) is 70.1 cm³/mol. The van der Waals surface area contributed by atoms with Crippen molar-refractivity contribution in [3.8, 4) is 0 Å². The van der Waals surface area contributed by atoms with Gasteiger partial charge in [-0.2, -0.15) is 0 Å². The fourth-order valence-corrected chi connectivity index (χ4v) is 1.86. The Morgan fingerprint density at radius 2 is 2.21 bits per heavy atom. The molecule has 0 saturated heterocycles. The highest BCUT2D eigenvalue weighted by atomic mass is 35.5. The first-order valence-electron chi connectivity index (χ1n) is 5.42. The van der Waals surface area contributed by atoms with Crippen LogP contribution in [0.4, 0.5) is 5.69 Å². The molecule has 6 nitrogen and oxygen atoms in total. The highest BCUT2D eigenvalue weighted by molar-refractivity contribution is 6.35. The quantitative estimate of drug-likeness (QED) is 0.666. The number of hydrogen-bond donors (Lipinski definition) is 2. The van der Waals surface area contributed by atoms with Crippen molar-refractivity contribution < 1.29 is 9.72 Å². The summed E-state index contributed by atoms with van der Waals surface area (Å²) in [6, 6.07) is 5.94. The van der Waals surface area contributed by atoms with Crippen molar-refractivity contribution in [3.05, 3.63) is 62.9 Å². The molecule has 0 bridgehead atoms. The van der Waals surface area contributed by atoms with E-state index in [1.54, 1.807) is 12.4 Å². The number of aromatic amines is 1. The molecule has 0 aliphatic heterocycles. The number of nitrogens with one attached hydrogen (secondary N) is 2. The van der Waals surface area contributed by atoms with E-state index in [4.69, 9.17) is 11.6 Å². The maximum atomic E-state index is 11.9. The van der Waals surface area contributed by atoms with E-state index < -0.39 is 10.8 Å². The van der Waals surface area contributed by atoms with Gasteiger partial charge in [0.1, 0.15) is 5.02 Å². The lowest BCUT2D eigenvalue weighted by atomic mass is 10.2. The Morgan fingerprint density at radius 3 is 2.84 bits per heavy atom. The van der Waals surface area contributed by atoms with E-state index in [0.717, 1.165) is 5.56 Å². The highest BCUT2D eigenvalue weighted by Crippen LogP contribution is 2.27. The lowest BCUT2D eigenvalue weighted by Crippen LogP contribution is -2.23. The molecule has 2 aromatic rings. The Bertz CT molecular complexity index is 611. The van der Waals surface area contributed by atoms with Gasteiger partial charge in [0.05, 0.1) is 10.5 Å². The monoisotopic (exact) mass is 279 g/mol. The molecule has 2 N–H and O–H groups in total. The number of benzene rings is 1. The van der Waals surface area contributed by atoms with Crippen molar-refractivity contribution in [1.82, 2.24) is 10.3 Å². The fraction of sp³-hybridized carbons (Fsp3) is 0.0833. The van der Waals surface area contributed by atoms with Crippen LogP contribution in [0, 0.1) is 10.1 Å². The van der Waals surface area contributed by atoms with Crippen LogP contribution in [0.1, 0.15) is 15.9 Å². The van der Waals surface area contributed by atoms with E-state index in [1.165, 1.54) is 18.2 Å². The maximum Gasteiger partial charge on any atom is 0.288 e. The minimum absolute atomic E-state index is 0.0893. The van der Waals surface area contributed by atoms with Crippen LogP contribution >= 0.6 is 11.6 Å². The van der Waals surface area contributed by atoms with Gasteiger partial charge in [0.2, 0.25) is 0 Å².